The minimum Gasteiger partial charge on any atom is -0.294 e. The van der Waals surface area contributed by atoms with Gasteiger partial charge in [-0.15, -0.1) is 102 Å². The van der Waals surface area contributed by atoms with Crippen molar-refractivity contribution in [1.29, 1.82) is 0 Å². The molecule has 0 aliphatic carbocycles. The van der Waals surface area contributed by atoms with Crippen molar-refractivity contribution in [2.75, 3.05) is 0 Å². The number of Topliss-reactive ketones (excluding diaryl/α,β-unsaturated/α-hetero) is 9. The van der Waals surface area contributed by atoms with E-state index in [1.54, 1.807) is 62.3 Å². The Bertz CT molecular complexity index is 2950. The van der Waals surface area contributed by atoms with E-state index < -0.39 is 0 Å². The third kappa shape index (κ3) is 17.2. The molecule has 9 aromatic rings. The van der Waals surface area contributed by atoms with Gasteiger partial charge >= 0.3 is 0 Å². The molecule has 0 unspecified atom stereocenters. The van der Waals surface area contributed by atoms with Crippen molar-refractivity contribution in [1.82, 2.24) is 0 Å². The van der Waals surface area contributed by atoms with Crippen molar-refractivity contribution in [3.05, 3.63) is 197 Å². The minimum absolute atomic E-state index is 0.0412. The number of hydrogen-bond donors (Lipinski definition) is 0. The molecule has 9 aromatic heterocycles. The molecule has 9 heterocycles. The fourth-order valence-electron chi connectivity index (χ4n) is 8.41. The monoisotopic (exact) mass is 1250 g/mol. The predicted molar refractivity (Wildman–Crippen MR) is 342 cm³/mol. The van der Waals surface area contributed by atoms with Crippen LogP contribution in [0.4, 0.5) is 0 Å². The second-order valence-electron chi connectivity index (χ2n) is 19.2. The molecule has 0 atom stereocenters. The number of unbranched alkanes of at least 4 members (excludes halogenated alkanes) is 3. The number of thiophene rings is 9. The largest absolute Gasteiger partial charge is 0.294 e. The Kier molecular flexibility index (Phi) is 23.9. The van der Waals surface area contributed by atoms with E-state index in [9.17, 15) is 43.2 Å². The van der Waals surface area contributed by atoms with E-state index in [-0.39, 0.29) is 69.8 Å². The van der Waals surface area contributed by atoms with E-state index >= 15 is 0 Å². The maximum atomic E-state index is 11.7. The van der Waals surface area contributed by atoms with Crippen LogP contribution in [0.25, 0.3) is 0 Å². The first-order valence-corrected chi connectivity index (χ1v) is 33.8. The van der Waals surface area contributed by atoms with Gasteiger partial charge in [-0.2, -0.15) is 0 Å². The van der Waals surface area contributed by atoms with Crippen molar-refractivity contribution in [2.45, 2.75) is 120 Å². The van der Waals surface area contributed by atoms with E-state index in [0.29, 0.717) is 43.9 Å². The summed E-state index contributed by atoms with van der Waals surface area (Å²) in [6, 6.07) is 17.2. The van der Waals surface area contributed by atoms with Crippen molar-refractivity contribution < 1.29 is 43.2 Å². The van der Waals surface area contributed by atoms with E-state index in [2.05, 4.69) is 13.8 Å². The van der Waals surface area contributed by atoms with Gasteiger partial charge in [0.05, 0.1) is 43.9 Å². The summed E-state index contributed by atoms with van der Waals surface area (Å²) in [6.45, 7) is 18.5. The highest BCUT2D eigenvalue weighted by Gasteiger charge is 2.26. The number of ketones is 9. The van der Waals surface area contributed by atoms with Gasteiger partial charge in [0, 0.05) is 17.8 Å². The summed E-state index contributed by atoms with van der Waals surface area (Å²) in [4.78, 5) is 111. The third-order valence-electron chi connectivity index (χ3n) is 12.7. The van der Waals surface area contributed by atoms with Crippen LogP contribution in [-0.4, -0.2) is 52.0 Å². The van der Waals surface area contributed by atoms with Gasteiger partial charge in [0.15, 0.2) is 52.0 Å². The van der Waals surface area contributed by atoms with Crippen LogP contribution in [0.3, 0.4) is 0 Å². The topological polar surface area (TPSA) is 154 Å². The average Bonchev–Trinajstić information content (AvgIpc) is 4.29. The molecule has 81 heavy (non-hydrogen) atoms. The molecule has 0 saturated heterocycles. The first-order chi connectivity index (χ1) is 38.5. The summed E-state index contributed by atoms with van der Waals surface area (Å²) in [5.41, 5.74) is 9.09. The van der Waals surface area contributed by atoms with Crippen LogP contribution in [-0.2, 0) is 0 Å². The van der Waals surface area contributed by atoms with Crippen molar-refractivity contribution in [3.8, 4) is 0 Å². The standard InChI is InChI=1S/3C19H16O3S3.C6H14/c3*1-10(20)16-4-13(7-23-16)19(14-5-17(11(2)21)24-8-14)15-6-18(12(3)22)25-9-15;1-3-5-6-4-2/h3*4-9,19H,1-3H3;3-6H2,1-2H3. The number of carbonyl (C=O) groups excluding carboxylic acids is 9. The van der Waals surface area contributed by atoms with Gasteiger partial charge in [0.1, 0.15) is 0 Å². The molecular formula is C63H62O9S9. The molecule has 9 nitrogen and oxygen atoms in total. The van der Waals surface area contributed by atoms with Gasteiger partial charge < -0.3 is 0 Å². The van der Waals surface area contributed by atoms with E-state index in [1.165, 1.54) is 128 Å². The molecule has 18 heteroatoms. The van der Waals surface area contributed by atoms with Gasteiger partial charge in [0.2, 0.25) is 0 Å². The summed E-state index contributed by atoms with van der Waals surface area (Å²) in [7, 11) is 0. The molecule has 0 saturated carbocycles. The van der Waals surface area contributed by atoms with Crippen LogP contribution in [0.1, 0.15) is 257 Å². The fourth-order valence-corrected chi connectivity index (χ4v) is 15.9. The predicted octanol–water partition coefficient (Wildman–Crippen LogP) is 19.6. The molecule has 0 N–H and O–H groups in total. The fraction of sp³-hybridized carbons (Fsp3) is 0.286. The lowest BCUT2D eigenvalue weighted by molar-refractivity contribution is 0.101. The Labute approximate surface area is 509 Å². The van der Waals surface area contributed by atoms with Gasteiger partial charge in [-0.25, -0.2) is 0 Å². The average molecular weight is 1250 g/mol. The Morgan fingerprint density at radius 3 is 0.432 bits per heavy atom. The van der Waals surface area contributed by atoms with Crippen LogP contribution < -0.4 is 0 Å². The highest BCUT2D eigenvalue weighted by atomic mass is 32.1. The lowest BCUT2D eigenvalue weighted by Gasteiger charge is -2.13. The molecule has 0 aliphatic rings. The summed E-state index contributed by atoms with van der Waals surface area (Å²) in [5, 5.41) is 17.9. The second kappa shape index (κ2) is 30.0. The van der Waals surface area contributed by atoms with Gasteiger partial charge in [-0.1, -0.05) is 39.5 Å². The maximum Gasteiger partial charge on any atom is 0.169 e. The number of hydrogen-bond acceptors (Lipinski definition) is 18. The van der Waals surface area contributed by atoms with Gasteiger partial charge in [-0.3, -0.25) is 43.2 Å². The molecule has 0 fully saturated rings. The van der Waals surface area contributed by atoms with Crippen molar-refractivity contribution in [2.24, 2.45) is 0 Å². The molecule has 0 bridgehead atoms. The maximum absolute atomic E-state index is 11.7. The first kappa shape index (κ1) is 64.5. The SMILES string of the molecule is CC(=O)c1cc(C(c2csc(C(C)=O)c2)c2csc(C(C)=O)c2)cs1.CC(=O)c1cc(C(c2csc(C(C)=O)c2)c2csc(C(C)=O)c2)cs1.CC(=O)c1cc(C(c2csc(C(C)=O)c2)c2csc(C(C)=O)c2)cs1.CCCCCC. The summed E-state index contributed by atoms with van der Waals surface area (Å²) in [5.74, 6) is 0.115. The zero-order valence-electron chi connectivity index (χ0n) is 46.8. The van der Waals surface area contributed by atoms with Gasteiger partial charge in [0.25, 0.3) is 0 Å². The second-order valence-corrected chi connectivity index (χ2v) is 27.4. The molecular weight excluding hydrogens is 1190 g/mol. The zero-order valence-corrected chi connectivity index (χ0v) is 54.1. The van der Waals surface area contributed by atoms with E-state index in [0.717, 1.165) is 50.1 Å². The van der Waals surface area contributed by atoms with Crippen LogP contribution in [0, 0.1) is 0 Å². The number of carbonyl (C=O) groups is 9. The molecule has 0 radical (unpaired) electrons. The summed E-state index contributed by atoms with van der Waals surface area (Å²) < 4.78 is 0. The zero-order chi connectivity index (χ0) is 59.2. The summed E-state index contributed by atoms with van der Waals surface area (Å²) in [6.07, 6.45) is 5.54. The Morgan fingerprint density at radius 2 is 0.358 bits per heavy atom. The Hall–Kier alpha value is -5.67. The van der Waals surface area contributed by atoms with Crippen LogP contribution in [0.5, 0.6) is 0 Å². The highest BCUT2D eigenvalue weighted by Crippen LogP contribution is 2.42. The Morgan fingerprint density at radius 1 is 0.247 bits per heavy atom. The Balaban J connectivity index is 0.000000186. The smallest absolute Gasteiger partial charge is 0.169 e. The molecule has 422 valence electrons. The van der Waals surface area contributed by atoms with E-state index in [4.69, 9.17) is 0 Å². The minimum atomic E-state index is -0.0851. The quantitative estimate of drug-likeness (QED) is 0.0505. The molecule has 0 aliphatic heterocycles. The summed E-state index contributed by atoms with van der Waals surface area (Å²) >= 11 is 12.8. The lowest BCUT2D eigenvalue weighted by atomic mass is 9.89. The van der Waals surface area contributed by atoms with E-state index in [1.807, 2.05) is 103 Å². The molecule has 9 rings (SSSR count). The van der Waals surface area contributed by atoms with Crippen LogP contribution in [0.15, 0.2) is 103 Å². The van der Waals surface area contributed by atoms with Gasteiger partial charge in [-0.05, 0) is 215 Å². The molecule has 0 spiro atoms. The molecule has 0 aromatic carbocycles. The normalized spacial score (nSPS) is 10.9. The van der Waals surface area contributed by atoms with Crippen LogP contribution in [0.2, 0.25) is 0 Å². The number of rotatable bonds is 21. The van der Waals surface area contributed by atoms with Crippen molar-refractivity contribution >= 4 is 154 Å². The van der Waals surface area contributed by atoms with Crippen LogP contribution >= 0.6 is 102 Å². The first-order valence-electron chi connectivity index (χ1n) is 25.9. The van der Waals surface area contributed by atoms with Crippen molar-refractivity contribution in [3.63, 3.8) is 0 Å². The third-order valence-corrected chi connectivity index (χ3v) is 22.1. The molecule has 0 amide bonds. The lowest BCUT2D eigenvalue weighted by Crippen LogP contribution is -2.00. The highest BCUT2D eigenvalue weighted by molar-refractivity contribution is 7.15.